The highest BCUT2D eigenvalue weighted by atomic mass is 32.1. The molecule has 2 aliphatic carbocycles. The van der Waals surface area contributed by atoms with Gasteiger partial charge in [-0.05, 0) is 32.1 Å². The minimum absolute atomic E-state index is 0.0960. The van der Waals surface area contributed by atoms with Gasteiger partial charge in [-0.2, -0.15) is 5.10 Å². The Balaban J connectivity index is 1.43. The molecule has 6 nitrogen and oxygen atoms in total. The predicted molar refractivity (Wildman–Crippen MR) is 94.0 cm³/mol. The van der Waals surface area contributed by atoms with Gasteiger partial charge in [0.25, 0.3) is 0 Å². The number of hydrogen-bond donors (Lipinski definition) is 1. The fourth-order valence-corrected chi connectivity index (χ4v) is 4.41. The van der Waals surface area contributed by atoms with Crippen LogP contribution in [0.1, 0.15) is 55.6 Å². The molecule has 7 heteroatoms. The summed E-state index contributed by atoms with van der Waals surface area (Å²) >= 11 is 1.57. The van der Waals surface area contributed by atoms with E-state index in [9.17, 15) is 4.79 Å². The van der Waals surface area contributed by atoms with Gasteiger partial charge in [0.2, 0.25) is 5.91 Å². The van der Waals surface area contributed by atoms with Gasteiger partial charge in [-0.15, -0.1) is 11.3 Å². The van der Waals surface area contributed by atoms with Crippen LogP contribution in [0.25, 0.3) is 0 Å². The van der Waals surface area contributed by atoms with E-state index in [4.69, 9.17) is 0 Å². The van der Waals surface area contributed by atoms with Gasteiger partial charge in [0.1, 0.15) is 0 Å². The van der Waals surface area contributed by atoms with Crippen LogP contribution in [0.4, 0.5) is 5.13 Å². The molecule has 2 aliphatic rings. The van der Waals surface area contributed by atoms with E-state index in [2.05, 4.69) is 27.0 Å². The maximum Gasteiger partial charge on any atom is 0.225 e. The van der Waals surface area contributed by atoms with Gasteiger partial charge in [-0.25, -0.2) is 4.98 Å². The van der Waals surface area contributed by atoms with Crippen molar-refractivity contribution in [3.63, 3.8) is 0 Å². The molecule has 0 saturated heterocycles. The van der Waals surface area contributed by atoms with Gasteiger partial charge in [-0.3, -0.25) is 14.4 Å². The molecule has 0 radical (unpaired) electrons. The average Bonchev–Trinajstić information content (AvgIpc) is 3.11. The lowest BCUT2D eigenvalue weighted by atomic mass is 9.93. The number of hydrogen-bond acceptors (Lipinski definition) is 5. The smallest absolute Gasteiger partial charge is 0.225 e. The lowest BCUT2D eigenvalue weighted by molar-refractivity contribution is -0.116. The van der Waals surface area contributed by atoms with E-state index in [1.807, 2.05) is 16.6 Å². The number of rotatable bonds is 5. The quantitative estimate of drug-likeness (QED) is 0.905. The SMILES string of the molecule is CC(=O)N(c1nc(CNC2CCCc3nn(C)cc32)cs1)C1CC1. The molecular weight excluding hydrogens is 322 g/mol. The summed E-state index contributed by atoms with van der Waals surface area (Å²) in [5.41, 5.74) is 3.55. The number of carbonyl (C=O) groups excluding carboxylic acids is 1. The molecule has 1 atom stereocenters. The van der Waals surface area contributed by atoms with Crippen molar-refractivity contribution in [2.45, 2.75) is 57.7 Å². The van der Waals surface area contributed by atoms with E-state index in [0.29, 0.717) is 12.1 Å². The Hall–Kier alpha value is -1.73. The first kappa shape index (κ1) is 15.8. The molecule has 128 valence electrons. The summed E-state index contributed by atoms with van der Waals surface area (Å²) in [5.74, 6) is 0.0960. The topological polar surface area (TPSA) is 63.1 Å². The summed E-state index contributed by atoms with van der Waals surface area (Å²) in [6.45, 7) is 2.36. The Bertz CT molecular complexity index is 748. The third kappa shape index (κ3) is 3.10. The van der Waals surface area contributed by atoms with Crippen LogP contribution >= 0.6 is 11.3 Å². The summed E-state index contributed by atoms with van der Waals surface area (Å²) in [6.07, 6.45) is 7.70. The van der Waals surface area contributed by atoms with Crippen LogP contribution in [-0.2, 0) is 24.8 Å². The third-order valence-electron chi connectivity index (χ3n) is 4.75. The lowest BCUT2D eigenvalue weighted by Crippen LogP contribution is -2.30. The molecule has 1 fully saturated rings. The van der Waals surface area contributed by atoms with E-state index in [1.54, 1.807) is 18.3 Å². The number of amides is 1. The summed E-state index contributed by atoms with van der Waals surface area (Å²) in [7, 11) is 1.98. The normalized spacial score (nSPS) is 20.0. The first-order valence-corrected chi connectivity index (χ1v) is 9.50. The summed E-state index contributed by atoms with van der Waals surface area (Å²) in [5, 5.41) is 11.1. The molecule has 1 saturated carbocycles. The average molecular weight is 345 g/mol. The number of nitrogens with one attached hydrogen (secondary N) is 1. The zero-order chi connectivity index (χ0) is 16.7. The number of thiazole rings is 1. The second kappa shape index (κ2) is 6.29. The standard InChI is InChI=1S/C17H23N5OS/c1-11(23)22(13-6-7-13)17-19-12(10-24-17)8-18-15-4-3-5-16-14(15)9-21(2)20-16/h9-10,13,15,18H,3-8H2,1-2H3. The van der Waals surface area contributed by atoms with Crippen molar-refractivity contribution in [2.75, 3.05) is 4.90 Å². The van der Waals surface area contributed by atoms with Crippen molar-refractivity contribution >= 4 is 22.4 Å². The highest BCUT2D eigenvalue weighted by Crippen LogP contribution is 2.34. The molecule has 24 heavy (non-hydrogen) atoms. The van der Waals surface area contributed by atoms with Crippen molar-refractivity contribution in [1.82, 2.24) is 20.1 Å². The molecule has 0 aliphatic heterocycles. The molecule has 2 aromatic heterocycles. The number of aromatic nitrogens is 3. The van der Waals surface area contributed by atoms with E-state index < -0.39 is 0 Å². The molecule has 0 bridgehead atoms. The Labute approximate surface area is 145 Å². The Morgan fingerprint density at radius 2 is 2.29 bits per heavy atom. The number of fused-ring (bicyclic) bond motifs is 1. The van der Waals surface area contributed by atoms with Gasteiger partial charge < -0.3 is 5.32 Å². The fourth-order valence-electron chi connectivity index (χ4n) is 3.48. The maximum atomic E-state index is 11.8. The van der Waals surface area contributed by atoms with Crippen LogP contribution in [0.3, 0.4) is 0 Å². The second-order valence-corrected chi connectivity index (χ2v) is 7.61. The van der Waals surface area contributed by atoms with Crippen molar-refractivity contribution in [2.24, 2.45) is 7.05 Å². The van der Waals surface area contributed by atoms with Crippen LogP contribution < -0.4 is 10.2 Å². The molecule has 1 unspecified atom stereocenters. The number of carbonyl (C=O) groups is 1. The van der Waals surface area contributed by atoms with Crippen LogP contribution in [0, 0.1) is 0 Å². The minimum atomic E-state index is 0.0960. The molecule has 4 rings (SSSR count). The van der Waals surface area contributed by atoms with Crippen molar-refractivity contribution < 1.29 is 4.79 Å². The zero-order valence-electron chi connectivity index (χ0n) is 14.2. The lowest BCUT2D eigenvalue weighted by Gasteiger charge is -2.22. The fraction of sp³-hybridized carbons (Fsp3) is 0.588. The largest absolute Gasteiger partial charge is 0.304 e. The van der Waals surface area contributed by atoms with E-state index >= 15 is 0 Å². The van der Waals surface area contributed by atoms with E-state index in [1.165, 1.54) is 17.7 Å². The molecule has 2 aromatic rings. The second-order valence-electron chi connectivity index (χ2n) is 6.77. The van der Waals surface area contributed by atoms with Gasteiger partial charge in [0, 0.05) is 49.7 Å². The van der Waals surface area contributed by atoms with Gasteiger partial charge in [-0.1, -0.05) is 0 Å². The Morgan fingerprint density at radius 1 is 1.46 bits per heavy atom. The van der Waals surface area contributed by atoms with E-state index in [-0.39, 0.29) is 5.91 Å². The van der Waals surface area contributed by atoms with Crippen molar-refractivity contribution in [1.29, 1.82) is 0 Å². The van der Waals surface area contributed by atoms with Crippen molar-refractivity contribution in [3.05, 3.63) is 28.5 Å². The highest BCUT2D eigenvalue weighted by Gasteiger charge is 2.33. The highest BCUT2D eigenvalue weighted by molar-refractivity contribution is 7.14. The molecule has 1 amide bonds. The summed E-state index contributed by atoms with van der Waals surface area (Å²) in [6, 6.07) is 0.714. The monoisotopic (exact) mass is 345 g/mol. The minimum Gasteiger partial charge on any atom is -0.304 e. The van der Waals surface area contributed by atoms with Gasteiger partial charge in [0.05, 0.1) is 11.4 Å². The predicted octanol–water partition coefficient (Wildman–Crippen LogP) is 2.56. The Morgan fingerprint density at radius 3 is 3.04 bits per heavy atom. The number of anilines is 1. The van der Waals surface area contributed by atoms with Gasteiger partial charge >= 0.3 is 0 Å². The molecule has 2 heterocycles. The van der Waals surface area contributed by atoms with Crippen LogP contribution in [0.5, 0.6) is 0 Å². The molecular formula is C17H23N5OS. The summed E-state index contributed by atoms with van der Waals surface area (Å²) < 4.78 is 1.91. The maximum absolute atomic E-state index is 11.8. The van der Waals surface area contributed by atoms with Crippen LogP contribution in [-0.4, -0.2) is 26.7 Å². The number of aryl methyl sites for hydroxylation is 2. The van der Waals surface area contributed by atoms with Crippen molar-refractivity contribution in [3.8, 4) is 0 Å². The molecule has 1 N–H and O–H groups in total. The first-order chi connectivity index (χ1) is 11.6. The zero-order valence-corrected chi connectivity index (χ0v) is 15.0. The Kier molecular flexibility index (Phi) is 4.14. The first-order valence-electron chi connectivity index (χ1n) is 8.62. The third-order valence-corrected chi connectivity index (χ3v) is 5.63. The van der Waals surface area contributed by atoms with Crippen LogP contribution in [0.2, 0.25) is 0 Å². The molecule has 0 spiro atoms. The number of nitrogens with zero attached hydrogens (tertiary/aromatic N) is 4. The van der Waals surface area contributed by atoms with Crippen LogP contribution in [0.15, 0.2) is 11.6 Å². The van der Waals surface area contributed by atoms with Gasteiger partial charge in [0.15, 0.2) is 5.13 Å². The summed E-state index contributed by atoms with van der Waals surface area (Å²) in [4.78, 5) is 18.4. The molecule has 0 aromatic carbocycles. The van der Waals surface area contributed by atoms with E-state index in [0.717, 1.165) is 43.1 Å².